The molecule has 3 nitrogen and oxygen atoms in total. The monoisotopic (exact) mass is 314 g/mol. The van der Waals surface area contributed by atoms with Crippen LogP contribution in [0.25, 0.3) is 0 Å². The number of halogens is 1. The van der Waals surface area contributed by atoms with Crippen molar-refractivity contribution in [1.29, 1.82) is 0 Å². The SMILES string of the molecule is O=C(NC1CCN(C2CC2)C1)c1sccc1Br. The molecule has 1 N–H and O–H groups in total. The molecule has 1 saturated carbocycles. The largest absolute Gasteiger partial charge is 0.347 e. The molecule has 2 fully saturated rings. The summed E-state index contributed by atoms with van der Waals surface area (Å²) in [6.45, 7) is 2.17. The van der Waals surface area contributed by atoms with E-state index in [1.807, 2.05) is 11.4 Å². The van der Waals surface area contributed by atoms with Crippen molar-refractivity contribution in [2.75, 3.05) is 13.1 Å². The van der Waals surface area contributed by atoms with Gasteiger partial charge in [-0.2, -0.15) is 0 Å². The quantitative estimate of drug-likeness (QED) is 0.929. The van der Waals surface area contributed by atoms with Gasteiger partial charge in [-0.15, -0.1) is 11.3 Å². The molecule has 0 spiro atoms. The Morgan fingerprint density at radius 3 is 2.94 bits per heavy atom. The molecule has 2 heterocycles. The number of thiophene rings is 1. The van der Waals surface area contributed by atoms with Crippen molar-refractivity contribution >= 4 is 33.2 Å². The first-order chi connectivity index (χ1) is 8.24. The Morgan fingerprint density at radius 2 is 2.29 bits per heavy atom. The molecule has 3 rings (SSSR count). The third-order valence-corrected chi connectivity index (χ3v) is 5.28. The summed E-state index contributed by atoms with van der Waals surface area (Å²) >= 11 is 4.89. The fourth-order valence-electron chi connectivity index (χ4n) is 2.38. The Labute approximate surface area is 113 Å². The first-order valence-electron chi connectivity index (χ1n) is 6.02. The smallest absolute Gasteiger partial charge is 0.262 e. The molecule has 17 heavy (non-hydrogen) atoms. The van der Waals surface area contributed by atoms with Gasteiger partial charge < -0.3 is 5.32 Å². The van der Waals surface area contributed by atoms with E-state index in [-0.39, 0.29) is 5.91 Å². The van der Waals surface area contributed by atoms with Crippen LogP contribution in [-0.4, -0.2) is 36.0 Å². The molecule has 1 saturated heterocycles. The Morgan fingerprint density at radius 1 is 1.47 bits per heavy atom. The van der Waals surface area contributed by atoms with Crippen molar-refractivity contribution in [3.63, 3.8) is 0 Å². The molecule has 0 radical (unpaired) electrons. The molecule has 1 aliphatic heterocycles. The molecule has 1 aliphatic carbocycles. The van der Waals surface area contributed by atoms with Crippen LogP contribution in [0.5, 0.6) is 0 Å². The minimum absolute atomic E-state index is 0.0644. The molecule has 1 atom stereocenters. The number of nitrogens with zero attached hydrogens (tertiary/aromatic N) is 1. The Balaban J connectivity index is 1.57. The fraction of sp³-hybridized carbons (Fsp3) is 0.583. The third-order valence-electron chi connectivity index (χ3n) is 3.44. The molecular formula is C12H15BrN2OS. The van der Waals surface area contributed by atoms with E-state index >= 15 is 0 Å². The van der Waals surface area contributed by atoms with Crippen molar-refractivity contribution in [3.8, 4) is 0 Å². The van der Waals surface area contributed by atoms with E-state index in [0.29, 0.717) is 6.04 Å². The zero-order chi connectivity index (χ0) is 11.8. The second-order valence-corrected chi connectivity index (χ2v) is 6.55. The number of nitrogens with one attached hydrogen (secondary N) is 1. The molecule has 0 bridgehead atoms. The van der Waals surface area contributed by atoms with Crippen molar-refractivity contribution in [3.05, 3.63) is 20.8 Å². The van der Waals surface area contributed by atoms with E-state index in [2.05, 4.69) is 26.1 Å². The molecule has 1 aromatic rings. The summed E-state index contributed by atoms with van der Waals surface area (Å²) in [6.07, 6.45) is 3.78. The number of hydrogen-bond donors (Lipinski definition) is 1. The standard InChI is InChI=1S/C12H15BrN2OS/c13-10-4-6-17-11(10)12(16)14-8-3-5-15(7-8)9-1-2-9/h4,6,8-9H,1-3,5,7H2,(H,14,16). The molecule has 2 aliphatic rings. The van der Waals surface area contributed by atoms with Gasteiger partial charge in [0.05, 0.1) is 0 Å². The van der Waals surface area contributed by atoms with Crippen LogP contribution in [0.15, 0.2) is 15.9 Å². The van der Waals surface area contributed by atoms with Crippen molar-refractivity contribution in [2.24, 2.45) is 0 Å². The normalized spacial score (nSPS) is 25.1. The molecule has 1 amide bonds. The predicted octanol–water partition coefficient (Wildman–Crippen LogP) is 2.48. The topological polar surface area (TPSA) is 32.3 Å². The summed E-state index contributed by atoms with van der Waals surface area (Å²) in [5.74, 6) is 0.0644. The average Bonchev–Trinajstić information content (AvgIpc) is 2.90. The average molecular weight is 315 g/mol. The minimum Gasteiger partial charge on any atom is -0.347 e. The van der Waals surface area contributed by atoms with Crippen LogP contribution in [0.4, 0.5) is 0 Å². The van der Waals surface area contributed by atoms with Crippen LogP contribution < -0.4 is 5.32 Å². The van der Waals surface area contributed by atoms with Gasteiger partial charge in [-0.25, -0.2) is 0 Å². The summed E-state index contributed by atoms with van der Waals surface area (Å²) in [5, 5.41) is 5.07. The number of amides is 1. The second-order valence-electron chi connectivity index (χ2n) is 4.78. The van der Waals surface area contributed by atoms with Crippen LogP contribution in [0.1, 0.15) is 28.9 Å². The van der Waals surface area contributed by atoms with Crippen LogP contribution in [0, 0.1) is 0 Å². The maximum Gasteiger partial charge on any atom is 0.262 e. The highest BCUT2D eigenvalue weighted by Crippen LogP contribution is 2.30. The Kier molecular flexibility index (Phi) is 3.23. The highest BCUT2D eigenvalue weighted by molar-refractivity contribution is 9.10. The minimum atomic E-state index is 0.0644. The van der Waals surface area contributed by atoms with Crippen molar-refractivity contribution < 1.29 is 4.79 Å². The van der Waals surface area contributed by atoms with Gasteiger partial charge in [0.1, 0.15) is 4.88 Å². The second kappa shape index (κ2) is 4.71. The number of likely N-dealkylation sites (tertiary alicyclic amines) is 1. The van der Waals surface area contributed by atoms with Crippen LogP contribution in [-0.2, 0) is 0 Å². The maximum atomic E-state index is 12.0. The number of carbonyl (C=O) groups is 1. The molecular weight excluding hydrogens is 300 g/mol. The molecule has 1 aromatic heterocycles. The summed E-state index contributed by atoms with van der Waals surface area (Å²) in [5.41, 5.74) is 0. The number of carbonyl (C=O) groups excluding carboxylic acids is 1. The van der Waals surface area contributed by atoms with Gasteiger partial charge in [0, 0.05) is 29.6 Å². The van der Waals surface area contributed by atoms with Crippen molar-refractivity contribution in [1.82, 2.24) is 10.2 Å². The summed E-state index contributed by atoms with van der Waals surface area (Å²) in [6, 6.07) is 3.06. The highest BCUT2D eigenvalue weighted by atomic mass is 79.9. The summed E-state index contributed by atoms with van der Waals surface area (Å²) in [4.78, 5) is 15.3. The van der Waals surface area contributed by atoms with E-state index in [9.17, 15) is 4.79 Å². The maximum absolute atomic E-state index is 12.0. The van der Waals surface area contributed by atoms with Gasteiger partial charge >= 0.3 is 0 Å². The number of hydrogen-bond acceptors (Lipinski definition) is 3. The van der Waals surface area contributed by atoms with E-state index in [1.54, 1.807) is 0 Å². The lowest BCUT2D eigenvalue weighted by molar-refractivity contribution is 0.0941. The lowest BCUT2D eigenvalue weighted by atomic mass is 10.2. The van der Waals surface area contributed by atoms with Gasteiger partial charge in [0.15, 0.2) is 0 Å². The van der Waals surface area contributed by atoms with E-state index < -0.39 is 0 Å². The van der Waals surface area contributed by atoms with E-state index in [1.165, 1.54) is 24.2 Å². The van der Waals surface area contributed by atoms with Crippen molar-refractivity contribution in [2.45, 2.75) is 31.3 Å². The first kappa shape index (κ1) is 11.7. The van der Waals surface area contributed by atoms with Crippen LogP contribution in [0.3, 0.4) is 0 Å². The van der Waals surface area contributed by atoms with Gasteiger partial charge in [0.25, 0.3) is 5.91 Å². The van der Waals surface area contributed by atoms with Gasteiger partial charge in [-0.3, -0.25) is 9.69 Å². The summed E-state index contributed by atoms with van der Waals surface area (Å²) < 4.78 is 0.900. The Bertz CT molecular complexity index is 430. The van der Waals surface area contributed by atoms with Crippen LogP contribution >= 0.6 is 27.3 Å². The molecule has 92 valence electrons. The summed E-state index contributed by atoms with van der Waals surface area (Å²) in [7, 11) is 0. The third kappa shape index (κ3) is 2.56. The molecule has 1 unspecified atom stereocenters. The van der Waals surface area contributed by atoms with Gasteiger partial charge in [0.2, 0.25) is 0 Å². The number of rotatable bonds is 3. The van der Waals surface area contributed by atoms with Gasteiger partial charge in [-0.1, -0.05) is 0 Å². The van der Waals surface area contributed by atoms with Gasteiger partial charge in [-0.05, 0) is 46.6 Å². The molecule has 0 aromatic carbocycles. The van der Waals surface area contributed by atoms with E-state index in [4.69, 9.17) is 0 Å². The van der Waals surface area contributed by atoms with E-state index in [0.717, 1.165) is 34.9 Å². The zero-order valence-corrected chi connectivity index (χ0v) is 11.9. The fourth-order valence-corrected chi connectivity index (χ4v) is 3.84. The Hall–Kier alpha value is -0.390. The lowest BCUT2D eigenvalue weighted by Crippen LogP contribution is -2.37. The predicted molar refractivity (Wildman–Crippen MR) is 72.5 cm³/mol. The molecule has 5 heteroatoms. The lowest BCUT2D eigenvalue weighted by Gasteiger charge is -2.15. The zero-order valence-electron chi connectivity index (χ0n) is 9.49. The van der Waals surface area contributed by atoms with Crippen LogP contribution in [0.2, 0.25) is 0 Å². The highest BCUT2D eigenvalue weighted by Gasteiger charge is 2.34. The first-order valence-corrected chi connectivity index (χ1v) is 7.69.